The zero-order chi connectivity index (χ0) is 22.2. The molecule has 2 atom stereocenters. The highest BCUT2D eigenvalue weighted by Gasteiger charge is 2.37. The van der Waals surface area contributed by atoms with Crippen molar-refractivity contribution >= 4 is 31.5 Å². The van der Waals surface area contributed by atoms with E-state index in [-0.39, 0.29) is 10.8 Å². The Morgan fingerprint density at radius 1 is 1.28 bits per heavy atom. The first kappa shape index (κ1) is 26.0. The van der Waals surface area contributed by atoms with E-state index in [0.29, 0.717) is 11.8 Å². The highest BCUT2D eigenvalue weighted by molar-refractivity contribution is 7.09. The van der Waals surface area contributed by atoms with Crippen LogP contribution in [-0.2, 0) is 9.22 Å². The molecule has 1 aromatic rings. The van der Waals surface area contributed by atoms with Gasteiger partial charge in [-0.15, -0.1) is 11.3 Å². The summed E-state index contributed by atoms with van der Waals surface area (Å²) >= 11 is 1.60. The minimum absolute atomic E-state index is 0.0682. The Kier molecular flexibility index (Phi) is 10.2. The fourth-order valence-electron chi connectivity index (χ4n) is 2.66. The third kappa shape index (κ3) is 9.54. The predicted molar refractivity (Wildman–Crippen MR) is 130 cm³/mol. The van der Waals surface area contributed by atoms with E-state index in [4.69, 9.17) is 4.43 Å². The number of allylic oxidation sites excluding steroid dienone is 3. The van der Waals surface area contributed by atoms with E-state index in [2.05, 4.69) is 52.7 Å². The summed E-state index contributed by atoms with van der Waals surface area (Å²) in [6.07, 6.45) is 9.06. The van der Waals surface area contributed by atoms with E-state index < -0.39 is 8.32 Å². The summed E-state index contributed by atoms with van der Waals surface area (Å²) in [7, 11) is -1.65. The van der Waals surface area contributed by atoms with Crippen LogP contribution in [0.2, 0.25) is 18.1 Å². The maximum absolute atomic E-state index is 12.3. The number of thiazole rings is 1. The number of aromatic nitrogens is 1. The maximum atomic E-state index is 12.3. The van der Waals surface area contributed by atoms with Gasteiger partial charge in [0, 0.05) is 12.0 Å². The van der Waals surface area contributed by atoms with Crippen LogP contribution >= 0.6 is 11.3 Å². The Morgan fingerprint density at radius 3 is 2.48 bits per heavy atom. The van der Waals surface area contributed by atoms with Crippen molar-refractivity contribution in [2.24, 2.45) is 11.8 Å². The molecule has 0 aliphatic heterocycles. The molecule has 164 valence electrons. The summed E-state index contributed by atoms with van der Waals surface area (Å²) in [6, 6.07) is 0. The van der Waals surface area contributed by atoms with Crippen LogP contribution < -0.4 is 0 Å². The van der Waals surface area contributed by atoms with Crippen LogP contribution in [0.1, 0.15) is 71.5 Å². The molecule has 0 aliphatic carbocycles. The molecule has 0 radical (unpaired) electrons. The van der Waals surface area contributed by atoms with E-state index in [1.165, 1.54) is 6.42 Å². The Balaban J connectivity index is 2.36. The monoisotopic (exact) mass is 435 g/mol. The fourth-order valence-corrected chi connectivity index (χ4v) is 4.36. The van der Waals surface area contributed by atoms with Crippen molar-refractivity contribution in [2.75, 3.05) is 6.61 Å². The number of aryl methyl sites for hydroxylation is 1. The zero-order valence-corrected chi connectivity index (χ0v) is 21.8. The van der Waals surface area contributed by atoms with Crippen molar-refractivity contribution in [1.82, 2.24) is 4.98 Å². The molecular weight excluding hydrogens is 394 g/mol. The second-order valence-corrected chi connectivity index (χ2v) is 15.8. The highest BCUT2D eigenvalue weighted by Crippen LogP contribution is 2.36. The van der Waals surface area contributed by atoms with Crippen LogP contribution in [0.5, 0.6) is 0 Å². The molecule has 0 bridgehead atoms. The third-order valence-corrected chi connectivity index (χ3v) is 11.1. The molecule has 1 heterocycles. The lowest BCUT2D eigenvalue weighted by atomic mass is 9.98. The van der Waals surface area contributed by atoms with Crippen LogP contribution in [0.3, 0.4) is 0 Å². The number of carbonyl (C=O) groups is 1. The minimum atomic E-state index is -1.65. The van der Waals surface area contributed by atoms with Gasteiger partial charge < -0.3 is 4.43 Å². The lowest BCUT2D eigenvalue weighted by molar-refractivity contribution is -0.111. The lowest BCUT2D eigenvalue weighted by Gasteiger charge is -2.37. The molecule has 0 fully saturated rings. The van der Waals surface area contributed by atoms with Gasteiger partial charge in [0.2, 0.25) is 0 Å². The first-order valence-corrected chi connectivity index (χ1v) is 14.6. The molecule has 1 aromatic heterocycles. The topological polar surface area (TPSA) is 39.2 Å². The second-order valence-electron chi connectivity index (χ2n) is 9.93. The van der Waals surface area contributed by atoms with Gasteiger partial charge in [0.15, 0.2) is 14.1 Å². The molecule has 0 saturated carbocycles. The second kappa shape index (κ2) is 11.4. The number of hydrogen-bond donors (Lipinski definition) is 0. The van der Waals surface area contributed by atoms with Crippen LogP contribution in [-0.4, -0.2) is 25.7 Å². The van der Waals surface area contributed by atoms with E-state index in [1.54, 1.807) is 17.4 Å². The molecule has 2 unspecified atom stereocenters. The molecule has 1 rings (SSSR count). The largest absolute Gasteiger partial charge is 0.417 e. The molecule has 0 N–H and O–H groups in total. The molecule has 0 saturated heterocycles. The van der Waals surface area contributed by atoms with Crippen molar-refractivity contribution in [3.8, 4) is 0 Å². The van der Waals surface area contributed by atoms with Crippen LogP contribution in [0.25, 0.3) is 6.08 Å². The van der Waals surface area contributed by atoms with Gasteiger partial charge in [-0.05, 0) is 74.4 Å². The van der Waals surface area contributed by atoms with Gasteiger partial charge in [0.05, 0.1) is 10.7 Å². The van der Waals surface area contributed by atoms with E-state index in [0.717, 1.165) is 35.7 Å². The summed E-state index contributed by atoms with van der Waals surface area (Å²) in [4.78, 5) is 16.7. The van der Waals surface area contributed by atoms with Gasteiger partial charge in [0.25, 0.3) is 0 Å². The Labute approximate surface area is 183 Å². The summed E-state index contributed by atoms with van der Waals surface area (Å²) < 4.78 is 6.34. The number of ketones is 1. The van der Waals surface area contributed by atoms with Crippen LogP contribution in [0.15, 0.2) is 23.1 Å². The molecule has 5 heteroatoms. The van der Waals surface area contributed by atoms with Crippen molar-refractivity contribution < 1.29 is 9.22 Å². The predicted octanol–water partition coefficient (Wildman–Crippen LogP) is 7.44. The van der Waals surface area contributed by atoms with Crippen molar-refractivity contribution in [3.05, 3.63) is 33.8 Å². The van der Waals surface area contributed by atoms with Gasteiger partial charge >= 0.3 is 0 Å². The summed E-state index contributed by atoms with van der Waals surface area (Å²) in [5.74, 6) is 1.05. The number of rotatable bonds is 11. The molecule has 3 nitrogen and oxygen atoms in total. The van der Waals surface area contributed by atoms with Gasteiger partial charge in [0.1, 0.15) is 0 Å². The minimum Gasteiger partial charge on any atom is -0.417 e. The first-order chi connectivity index (χ1) is 13.3. The smallest absolute Gasteiger partial charge is 0.191 e. The molecule has 0 amide bonds. The van der Waals surface area contributed by atoms with Gasteiger partial charge in [-0.25, -0.2) is 4.98 Å². The Bertz CT molecular complexity index is 713. The van der Waals surface area contributed by atoms with Gasteiger partial charge in [-0.2, -0.15) is 0 Å². The molecule has 0 aromatic carbocycles. The van der Waals surface area contributed by atoms with E-state index in [1.807, 2.05) is 31.4 Å². The Morgan fingerprint density at radius 2 is 1.93 bits per heavy atom. The van der Waals surface area contributed by atoms with Crippen LogP contribution in [0, 0.1) is 18.8 Å². The molecular formula is C24H41NO2SSi. The number of carbonyl (C=O) groups excluding carboxylic acids is 1. The van der Waals surface area contributed by atoms with Gasteiger partial charge in [-0.1, -0.05) is 47.1 Å². The average molecular weight is 436 g/mol. The average Bonchev–Trinajstić information content (AvgIpc) is 3.01. The third-order valence-electron chi connectivity index (χ3n) is 5.86. The number of hydrogen-bond acceptors (Lipinski definition) is 4. The number of nitrogens with zero attached hydrogens (tertiary/aromatic N) is 1. The van der Waals surface area contributed by atoms with Crippen LogP contribution in [0.4, 0.5) is 0 Å². The fraction of sp³-hybridized carbons (Fsp3) is 0.667. The normalized spacial score (nSPS) is 15.7. The van der Waals surface area contributed by atoms with Crippen molar-refractivity contribution in [3.63, 3.8) is 0 Å². The van der Waals surface area contributed by atoms with E-state index in [9.17, 15) is 4.79 Å². The Hall–Kier alpha value is -1.04. The standard InChI is InChI=1S/C24H41NO2SSi/c1-18(11-10-12-19(2)16-27-29(8,9)24(5,6)7)13-14-23(26)20(3)15-22-17-28-21(4)25-22/h13-15,17-19H,10-12,16H2,1-9H3. The zero-order valence-electron chi connectivity index (χ0n) is 20.0. The molecule has 29 heavy (non-hydrogen) atoms. The summed E-state index contributed by atoms with van der Waals surface area (Å²) in [5.41, 5.74) is 1.60. The lowest BCUT2D eigenvalue weighted by Crippen LogP contribution is -2.41. The first-order valence-electron chi connectivity index (χ1n) is 10.8. The van der Waals surface area contributed by atoms with Crippen molar-refractivity contribution in [2.45, 2.75) is 85.9 Å². The molecule has 0 aliphatic rings. The summed E-state index contributed by atoms with van der Waals surface area (Å²) in [6.45, 7) is 20.6. The highest BCUT2D eigenvalue weighted by atomic mass is 32.1. The SMILES string of the molecule is CC(=Cc1csc(C)n1)C(=O)C=CC(C)CCCC(C)CO[Si](C)(C)C(C)(C)C. The summed E-state index contributed by atoms with van der Waals surface area (Å²) in [5, 5.41) is 3.27. The van der Waals surface area contributed by atoms with Crippen molar-refractivity contribution in [1.29, 1.82) is 0 Å². The quantitative estimate of drug-likeness (QED) is 0.268. The van der Waals surface area contributed by atoms with E-state index >= 15 is 0 Å². The van der Waals surface area contributed by atoms with Gasteiger partial charge in [-0.3, -0.25) is 4.79 Å². The molecule has 0 spiro atoms. The maximum Gasteiger partial charge on any atom is 0.191 e.